The number of hydrogen-bond donors (Lipinski definition) is 2. The maximum Gasteiger partial charge on any atom is 0.227 e. The minimum Gasteiger partial charge on any atom is -0.361 e. The van der Waals surface area contributed by atoms with Crippen LogP contribution in [0.25, 0.3) is 21.8 Å². The number of H-pyrrole nitrogens is 2. The Kier molecular flexibility index (Phi) is 5.38. The van der Waals surface area contributed by atoms with E-state index < -0.39 is 0 Å². The van der Waals surface area contributed by atoms with Crippen molar-refractivity contribution in [3.05, 3.63) is 72.1 Å². The molecule has 0 unspecified atom stereocenters. The van der Waals surface area contributed by atoms with Crippen LogP contribution in [0.3, 0.4) is 0 Å². The average Bonchev–Trinajstić information content (AvgIpc) is 3.74. The number of amides is 2. The van der Waals surface area contributed by atoms with Crippen LogP contribution in [0.4, 0.5) is 0 Å². The molecule has 2 saturated heterocycles. The lowest BCUT2D eigenvalue weighted by Gasteiger charge is -2.43. The second-order valence-electron chi connectivity index (χ2n) is 11.3. The molecule has 6 heteroatoms. The van der Waals surface area contributed by atoms with Crippen LogP contribution in [0.1, 0.15) is 56.1 Å². The first-order valence-corrected chi connectivity index (χ1v) is 13.9. The van der Waals surface area contributed by atoms with Gasteiger partial charge in [-0.3, -0.25) is 9.59 Å². The first-order valence-electron chi connectivity index (χ1n) is 13.9. The van der Waals surface area contributed by atoms with Gasteiger partial charge in [0.05, 0.1) is 5.92 Å². The fourth-order valence-corrected chi connectivity index (χ4v) is 7.45. The van der Waals surface area contributed by atoms with Gasteiger partial charge in [0.15, 0.2) is 0 Å². The molecule has 0 radical (unpaired) electrons. The lowest BCUT2D eigenvalue weighted by Crippen LogP contribution is -2.48. The monoisotopic (exact) mass is 494 g/mol. The summed E-state index contributed by atoms with van der Waals surface area (Å²) in [7, 11) is 0. The Morgan fingerprint density at radius 1 is 0.838 bits per heavy atom. The summed E-state index contributed by atoms with van der Waals surface area (Å²) in [5, 5.41) is 2.50. The van der Waals surface area contributed by atoms with Gasteiger partial charge in [-0.1, -0.05) is 49.2 Å². The Bertz CT molecular complexity index is 1390. The van der Waals surface area contributed by atoms with Gasteiger partial charge >= 0.3 is 0 Å². The summed E-state index contributed by atoms with van der Waals surface area (Å²) < 4.78 is 0. The van der Waals surface area contributed by atoms with Crippen LogP contribution in [0.15, 0.2) is 60.9 Å². The van der Waals surface area contributed by atoms with Crippen LogP contribution in [-0.2, 0) is 15.0 Å². The summed E-state index contributed by atoms with van der Waals surface area (Å²) >= 11 is 0. The second-order valence-corrected chi connectivity index (χ2v) is 11.3. The van der Waals surface area contributed by atoms with Crippen LogP contribution in [0, 0.1) is 5.92 Å². The summed E-state index contributed by atoms with van der Waals surface area (Å²) in [5.74, 6) is 0.149. The molecule has 1 saturated carbocycles. The number of aromatic nitrogens is 2. The standard InChI is InChI=1S/C31H34N4O2/c36-29-17-21(20-35(29)22-7-1-2-8-22)30(37)34-15-13-31(14-16-34,25-18-32-27-11-5-3-9-23(25)27)26-19-33-28-12-6-4-10-24(26)28/h3-6,9-12,18-19,21-22,32-33H,1-2,7-8,13-17,20H2/t21-/m0/s1. The summed E-state index contributed by atoms with van der Waals surface area (Å²) in [6, 6.07) is 17.4. The highest BCUT2D eigenvalue weighted by Gasteiger charge is 2.45. The van der Waals surface area contributed by atoms with E-state index in [2.05, 4.69) is 70.9 Å². The van der Waals surface area contributed by atoms with Gasteiger partial charge in [0.1, 0.15) is 0 Å². The largest absolute Gasteiger partial charge is 0.361 e. The summed E-state index contributed by atoms with van der Waals surface area (Å²) in [6.45, 7) is 2.01. The molecule has 7 rings (SSSR count). The number of nitrogens with zero attached hydrogens (tertiary/aromatic N) is 2. The highest BCUT2D eigenvalue weighted by molar-refractivity contribution is 5.91. The SMILES string of the molecule is O=C([C@H]1CC(=O)N(C2CCCC2)C1)N1CCC(c2c[nH]c3ccccc23)(c2c[nH]c3ccccc23)CC1. The second kappa shape index (κ2) is 8.79. The number of nitrogens with one attached hydrogen (secondary N) is 2. The van der Waals surface area contributed by atoms with Crippen molar-refractivity contribution in [2.75, 3.05) is 19.6 Å². The van der Waals surface area contributed by atoms with Gasteiger partial charge in [0.2, 0.25) is 11.8 Å². The Labute approximate surface area is 217 Å². The zero-order valence-electron chi connectivity index (χ0n) is 21.2. The molecule has 2 aliphatic heterocycles. The minimum atomic E-state index is -0.197. The normalized spacial score (nSPS) is 22.5. The molecular formula is C31H34N4O2. The van der Waals surface area contributed by atoms with E-state index in [0.29, 0.717) is 32.1 Å². The van der Waals surface area contributed by atoms with Crippen LogP contribution in [0.5, 0.6) is 0 Å². The number of aromatic amines is 2. The third kappa shape index (κ3) is 3.60. The molecule has 3 aliphatic rings. The van der Waals surface area contributed by atoms with E-state index in [1.165, 1.54) is 34.7 Å². The fourth-order valence-electron chi connectivity index (χ4n) is 7.45. The summed E-state index contributed by atoms with van der Waals surface area (Å²) in [5.41, 5.74) is 4.71. The number of para-hydroxylation sites is 2. The Hall–Kier alpha value is -3.54. The Morgan fingerprint density at radius 3 is 2.00 bits per heavy atom. The van der Waals surface area contributed by atoms with Crippen molar-refractivity contribution >= 4 is 33.6 Å². The number of hydrogen-bond acceptors (Lipinski definition) is 2. The van der Waals surface area contributed by atoms with E-state index in [0.717, 1.165) is 36.7 Å². The molecule has 4 aromatic rings. The van der Waals surface area contributed by atoms with E-state index in [1.807, 2.05) is 9.80 Å². The van der Waals surface area contributed by atoms with Crippen molar-refractivity contribution in [2.45, 2.75) is 56.4 Å². The molecule has 1 aliphatic carbocycles. The van der Waals surface area contributed by atoms with Gasteiger partial charge in [-0.05, 0) is 48.9 Å². The third-order valence-corrected chi connectivity index (χ3v) is 9.41. The van der Waals surface area contributed by atoms with Gasteiger partial charge in [0, 0.05) is 71.7 Å². The molecule has 2 amide bonds. The third-order valence-electron chi connectivity index (χ3n) is 9.41. The number of benzene rings is 2. The summed E-state index contributed by atoms with van der Waals surface area (Å²) in [4.78, 5) is 37.5. The van der Waals surface area contributed by atoms with Crippen LogP contribution >= 0.6 is 0 Å². The fraction of sp³-hybridized carbons (Fsp3) is 0.419. The topological polar surface area (TPSA) is 72.2 Å². The molecule has 0 bridgehead atoms. The van der Waals surface area contributed by atoms with E-state index in [4.69, 9.17) is 0 Å². The van der Waals surface area contributed by atoms with Gasteiger partial charge in [0.25, 0.3) is 0 Å². The molecule has 1 atom stereocenters. The van der Waals surface area contributed by atoms with Crippen LogP contribution < -0.4 is 0 Å². The molecule has 6 nitrogen and oxygen atoms in total. The maximum atomic E-state index is 13.6. The van der Waals surface area contributed by atoms with Crippen molar-refractivity contribution in [2.24, 2.45) is 5.92 Å². The highest BCUT2D eigenvalue weighted by Crippen LogP contribution is 2.47. The van der Waals surface area contributed by atoms with Gasteiger partial charge in [-0.15, -0.1) is 0 Å². The number of piperidine rings is 1. The number of likely N-dealkylation sites (tertiary alicyclic amines) is 2. The lowest BCUT2D eigenvalue weighted by atomic mass is 9.67. The van der Waals surface area contributed by atoms with Gasteiger partial charge in [-0.25, -0.2) is 0 Å². The van der Waals surface area contributed by atoms with Crippen molar-refractivity contribution in [3.63, 3.8) is 0 Å². The molecule has 2 aromatic heterocycles. The molecule has 37 heavy (non-hydrogen) atoms. The van der Waals surface area contributed by atoms with Crippen molar-refractivity contribution in [1.29, 1.82) is 0 Å². The van der Waals surface area contributed by atoms with Gasteiger partial charge in [-0.2, -0.15) is 0 Å². The number of carbonyl (C=O) groups is 2. The summed E-state index contributed by atoms with van der Waals surface area (Å²) in [6.07, 6.45) is 11.0. The average molecular weight is 495 g/mol. The molecule has 3 fully saturated rings. The predicted molar refractivity (Wildman–Crippen MR) is 145 cm³/mol. The van der Waals surface area contributed by atoms with E-state index in [1.54, 1.807) is 0 Å². The van der Waals surface area contributed by atoms with E-state index in [-0.39, 0.29) is 23.1 Å². The first kappa shape index (κ1) is 22.6. The zero-order valence-corrected chi connectivity index (χ0v) is 21.2. The number of rotatable bonds is 4. The van der Waals surface area contributed by atoms with E-state index >= 15 is 0 Å². The van der Waals surface area contributed by atoms with Crippen molar-refractivity contribution in [1.82, 2.24) is 19.8 Å². The lowest BCUT2D eigenvalue weighted by molar-refractivity contribution is -0.137. The quantitative estimate of drug-likeness (QED) is 0.402. The molecule has 2 N–H and O–H groups in total. The predicted octanol–water partition coefficient (Wildman–Crippen LogP) is 5.35. The van der Waals surface area contributed by atoms with Crippen LogP contribution in [0.2, 0.25) is 0 Å². The smallest absolute Gasteiger partial charge is 0.227 e. The highest BCUT2D eigenvalue weighted by atomic mass is 16.2. The first-order chi connectivity index (χ1) is 18.1. The number of fused-ring (bicyclic) bond motifs is 2. The Balaban J connectivity index is 1.19. The molecular weight excluding hydrogens is 460 g/mol. The molecule has 0 spiro atoms. The van der Waals surface area contributed by atoms with Crippen molar-refractivity contribution in [3.8, 4) is 0 Å². The van der Waals surface area contributed by atoms with Crippen molar-refractivity contribution < 1.29 is 9.59 Å². The molecule has 2 aromatic carbocycles. The maximum absolute atomic E-state index is 13.6. The molecule has 190 valence electrons. The zero-order chi connectivity index (χ0) is 25.0. The molecule has 4 heterocycles. The van der Waals surface area contributed by atoms with Gasteiger partial charge < -0.3 is 19.8 Å². The van der Waals surface area contributed by atoms with Crippen LogP contribution in [-0.4, -0.2) is 57.3 Å². The number of carbonyl (C=O) groups excluding carboxylic acids is 2. The minimum absolute atomic E-state index is 0.167. The van der Waals surface area contributed by atoms with E-state index in [9.17, 15) is 9.59 Å². The Morgan fingerprint density at radius 2 is 1.41 bits per heavy atom.